The second kappa shape index (κ2) is 10.0. The fourth-order valence-electron chi connectivity index (χ4n) is 4.81. The average molecular weight is 494 g/mol. The number of hydrogen-bond acceptors (Lipinski definition) is 5. The Morgan fingerprint density at radius 1 is 0.973 bits per heavy atom. The predicted molar refractivity (Wildman–Crippen MR) is 143 cm³/mol. The van der Waals surface area contributed by atoms with Crippen LogP contribution >= 0.6 is 0 Å². The SMILES string of the molecule is O=C(NC(CN1CCOCC1)c1ccccc1)c1cc2c(=O)[nH]c(-c3ccc4ccccc4c3)cn2n1. The molecule has 1 amide bonds. The summed E-state index contributed by atoms with van der Waals surface area (Å²) in [6.07, 6.45) is 1.75. The summed E-state index contributed by atoms with van der Waals surface area (Å²) in [4.78, 5) is 31.4. The quantitative estimate of drug-likeness (QED) is 0.377. The largest absolute Gasteiger partial charge is 0.379 e. The topological polar surface area (TPSA) is 91.7 Å². The maximum Gasteiger partial charge on any atom is 0.274 e. The standard InChI is InChI=1S/C29H27N5O3/c35-28(30-25(21-7-2-1-3-8-21)18-33-12-14-37-15-13-33)24-17-27-29(36)31-26(19-34(27)32-24)23-11-10-20-6-4-5-9-22(20)16-23/h1-11,16-17,19,25H,12-15,18H2,(H,30,35)(H,31,36). The summed E-state index contributed by atoms with van der Waals surface area (Å²) in [5.41, 5.74) is 2.73. The number of amides is 1. The van der Waals surface area contributed by atoms with Gasteiger partial charge in [-0.05, 0) is 22.4 Å². The van der Waals surface area contributed by atoms with Crippen LogP contribution in [0.2, 0.25) is 0 Å². The Morgan fingerprint density at radius 3 is 2.54 bits per heavy atom. The molecular weight excluding hydrogens is 466 g/mol. The smallest absolute Gasteiger partial charge is 0.274 e. The van der Waals surface area contributed by atoms with E-state index in [1.807, 2.05) is 72.8 Å². The van der Waals surface area contributed by atoms with Gasteiger partial charge in [-0.2, -0.15) is 5.10 Å². The van der Waals surface area contributed by atoms with Gasteiger partial charge < -0.3 is 15.0 Å². The molecule has 0 radical (unpaired) electrons. The van der Waals surface area contributed by atoms with Crippen LogP contribution in [0.5, 0.6) is 0 Å². The van der Waals surface area contributed by atoms with Crippen LogP contribution in [-0.4, -0.2) is 58.3 Å². The van der Waals surface area contributed by atoms with Crippen molar-refractivity contribution in [2.24, 2.45) is 0 Å². The molecule has 3 heterocycles. The van der Waals surface area contributed by atoms with Gasteiger partial charge in [0.05, 0.1) is 31.1 Å². The fraction of sp³-hybridized carbons (Fsp3) is 0.207. The highest BCUT2D eigenvalue weighted by Crippen LogP contribution is 2.23. The molecule has 0 bridgehead atoms. The number of nitrogens with one attached hydrogen (secondary N) is 2. The maximum atomic E-state index is 13.3. The van der Waals surface area contributed by atoms with E-state index >= 15 is 0 Å². The number of hydrogen-bond donors (Lipinski definition) is 2. The second-order valence-electron chi connectivity index (χ2n) is 9.27. The Morgan fingerprint density at radius 2 is 1.73 bits per heavy atom. The van der Waals surface area contributed by atoms with Crippen molar-refractivity contribution < 1.29 is 9.53 Å². The third-order valence-corrected chi connectivity index (χ3v) is 6.81. The second-order valence-corrected chi connectivity index (χ2v) is 9.27. The van der Waals surface area contributed by atoms with E-state index in [1.165, 1.54) is 10.6 Å². The lowest BCUT2D eigenvalue weighted by Crippen LogP contribution is -2.43. The molecule has 2 aromatic heterocycles. The van der Waals surface area contributed by atoms with Crippen LogP contribution in [0.15, 0.2) is 89.9 Å². The number of fused-ring (bicyclic) bond motifs is 2. The lowest BCUT2D eigenvalue weighted by Gasteiger charge is -2.31. The van der Waals surface area contributed by atoms with Crippen molar-refractivity contribution in [2.45, 2.75) is 6.04 Å². The summed E-state index contributed by atoms with van der Waals surface area (Å²) in [6, 6.07) is 25.3. The third-order valence-electron chi connectivity index (χ3n) is 6.81. The Labute approximate surface area is 213 Å². The van der Waals surface area contributed by atoms with Crippen molar-refractivity contribution in [1.29, 1.82) is 0 Å². The molecule has 1 aliphatic heterocycles. The maximum absolute atomic E-state index is 13.3. The lowest BCUT2D eigenvalue weighted by molar-refractivity contribution is 0.0332. The highest BCUT2D eigenvalue weighted by Gasteiger charge is 2.22. The predicted octanol–water partition coefficient (Wildman–Crippen LogP) is 3.65. The molecule has 5 aromatic rings. The summed E-state index contributed by atoms with van der Waals surface area (Å²) in [5.74, 6) is -0.322. The number of aromatic amines is 1. The molecule has 0 aliphatic carbocycles. The van der Waals surface area contributed by atoms with Crippen molar-refractivity contribution >= 4 is 22.2 Å². The number of carbonyl (C=O) groups excluding carboxylic acids is 1. The van der Waals surface area contributed by atoms with Crippen LogP contribution in [0.3, 0.4) is 0 Å². The number of nitrogens with zero attached hydrogens (tertiary/aromatic N) is 3. The van der Waals surface area contributed by atoms with Gasteiger partial charge in [0.15, 0.2) is 5.69 Å². The number of benzene rings is 3. The van der Waals surface area contributed by atoms with Crippen molar-refractivity contribution in [2.75, 3.05) is 32.8 Å². The van der Waals surface area contributed by atoms with E-state index in [9.17, 15) is 9.59 Å². The molecular formula is C29H27N5O3. The highest BCUT2D eigenvalue weighted by atomic mass is 16.5. The molecule has 1 unspecified atom stereocenters. The molecule has 1 fully saturated rings. The zero-order chi connectivity index (χ0) is 25.2. The number of ether oxygens (including phenoxy) is 1. The molecule has 186 valence electrons. The zero-order valence-electron chi connectivity index (χ0n) is 20.3. The zero-order valence-corrected chi connectivity index (χ0v) is 20.3. The van der Waals surface area contributed by atoms with E-state index in [-0.39, 0.29) is 23.2 Å². The Kier molecular flexibility index (Phi) is 6.26. The number of aromatic nitrogens is 3. The molecule has 8 nitrogen and oxygen atoms in total. The first-order valence-corrected chi connectivity index (χ1v) is 12.4. The van der Waals surface area contributed by atoms with Crippen LogP contribution in [-0.2, 0) is 4.74 Å². The molecule has 3 aromatic carbocycles. The van der Waals surface area contributed by atoms with Gasteiger partial charge in [0.25, 0.3) is 11.5 Å². The summed E-state index contributed by atoms with van der Waals surface area (Å²) in [7, 11) is 0. The number of H-pyrrole nitrogens is 1. The van der Waals surface area contributed by atoms with Crippen molar-refractivity contribution in [3.05, 3.63) is 107 Å². The van der Waals surface area contributed by atoms with Crippen molar-refractivity contribution in [3.8, 4) is 11.3 Å². The normalized spacial score (nSPS) is 15.1. The molecule has 0 spiro atoms. The van der Waals surface area contributed by atoms with Crippen LogP contribution < -0.4 is 10.9 Å². The first-order valence-electron chi connectivity index (χ1n) is 12.4. The van der Waals surface area contributed by atoms with Crippen LogP contribution in [0.1, 0.15) is 22.1 Å². The van der Waals surface area contributed by atoms with E-state index in [0.29, 0.717) is 31.0 Å². The molecule has 37 heavy (non-hydrogen) atoms. The minimum absolute atomic E-state index is 0.198. The van der Waals surface area contributed by atoms with Gasteiger partial charge in [-0.3, -0.25) is 14.5 Å². The Bertz CT molecular complexity index is 1620. The number of carbonyl (C=O) groups is 1. The van der Waals surface area contributed by atoms with Crippen LogP contribution in [0.25, 0.3) is 27.5 Å². The van der Waals surface area contributed by atoms with Gasteiger partial charge in [-0.1, -0.05) is 66.7 Å². The van der Waals surface area contributed by atoms with E-state index in [4.69, 9.17) is 4.74 Å². The summed E-state index contributed by atoms with van der Waals surface area (Å²) < 4.78 is 6.95. The molecule has 2 N–H and O–H groups in total. The average Bonchev–Trinajstić information content (AvgIpc) is 3.39. The van der Waals surface area contributed by atoms with E-state index in [2.05, 4.69) is 20.3 Å². The fourth-order valence-corrected chi connectivity index (χ4v) is 4.81. The monoisotopic (exact) mass is 493 g/mol. The van der Waals surface area contributed by atoms with Crippen LogP contribution in [0.4, 0.5) is 0 Å². The molecule has 1 aliphatic rings. The third kappa shape index (κ3) is 4.89. The van der Waals surface area contributed by atoms with E-state index in [0.717, 1.165) is 35.0 Å². The van der Waals surface area contributed by atoms with E-state index < -0.39 is 0 Å². The lowest BCUT2D eigenvalue weighted by atomic mass is 10.1. The van der Waals surface area contributed by atoms with Crippen molar-refractivity contribution in [3.63, 3.8) is 0 Å². The molecule has 1 atom stereocenters. The van der Waals surface area contributed by atoms with Crippen LogP contribution in [0, 0.1) is 0 Å². The first-order chi connectivity index (χ1) is 18.1. The van der Waals surface area contributed by atoms with E-state index in [1.54, 1.807) is 6.20 Å². The van der Waals surface area contributed by atoms with Gasteiger partial charge in [0.2, 0.25) is 0 Å². The number of rotatable bonds is 6. The van der Waals surface area contributed by atoms with Gasteiger partial charge in [0.1, 0.15) is 5.52 Å². The van der Waals surface area contributed by atoms with Gasteiger partial charge in [-0.15, -0.1) is 0 Å². The Hall–Kier alpha value is -4.27. The number of morpholine rings is 1. The molecule has 0 saturated carbocycles. The Balaban J connectivity index is 1.28. The van der Waals surface area contributed by atoms with Gasteiger partial charge in [-0.25, -0.2) is 4.52 Å². The minimum atomic E-state index is -0.322. The highest BCUT2D eigenvalue weighted by molar-refractivity contribution is 5.94. The van der Waals surface area contributed by atoms with Gasteiger partial charge >= 0.3 is 0 Å². The molecule has 6 rings (SSSR count). The minimum Gasteiger partial charge on any atom is -0.379 e. The summed E-state index contributed by atoms with van der Waals surface area (Å²) in [6.45, 7) is 3.68. The first kappa shape index (κ1) is 23.1. The molecule has 8 heteroatoms. The summed E-state index contributed by atoms with van der Waals surface area (Å²) >= 11 is 0. The van der Waals surface area contributed by atoms with Gasteiger partial charge in [0, 0.05) is 31.3 Å². The molecule has 1 saturated heterocycles. The van der Waals surface area contributed by atoms with Crippen molar-refractivity contribution in [1.82, 2.24) is 24.8 Å². The summed E-state index contributed by atoms with van der Waals surface area (Å²) in [5, 5.41) is 9.80.